The van der Waals surface area contributed by atoms with Crippen molar-refractivity contribution >= 4 is 28.9 Å². The molecule has 0 fully saturated rings. The number of hydrogen-bond acceptors (Lipinski definition) is 3. The van der Waals surface area contributed by atoms with Crippen LogP contribution in [0.4, 0.5) is 11.4 Å². The molecule has 138 valence electrons. The number of amides is 1. The fraction of sp³-hybridized carbons (Fsp3) is 0.182. The largest absolute Gasteiger partial charge is 0.354 e. The quantitative estimate of drug-likeness (QED) is 0.628. The Labute approximate surface area is 164 Å². The molecule has 0 saturated carbocycles. The lowest BCUT2D eigenvalue weighted by Gasteiger charge is -2.13. The maximum Gasteiger partial charge on any atom is 0.252 e. The van der Waals surface area contributed by atoms with E-state index >= 15 is 0 Å². The number of nitrogens with one attached hydrogen (secondary N) is 2. The lowest BCUT2D eigenvalue weighted by molar-refractivity contribution is 0.0954. The molecule has 1 heterocycles. The molecule has 27 heavy (non-hydrogen) atoms. The number of hydrogen-bond donors (Lipinski definition) is 2. The predicted molar refractivity (Wildman–Crippen MR) is 111 cm³/mol. The second-order valence-corrected chi connectivity index (χ2v) is 6.93. The molecule has 0 spiro atoms. The van der Waals surface area contributed by atoms with Crippen LogP contribution in [0.25, 0.3) is 0 Å². The smallest absolute Gasteiger partial charge is 0.252 e. The first-order valence-electron chi connectivity index (χ1n) is 8.84. The highest BCUT2D eigenvalue weighted by Crippen LogP contribution is 2.24. The molecule has 0 atom stereocenters. The van der Waals surface area contributed by atoms with E-state index in [1.54, 1.807) is 12.4 Å². The van der Waals surface area contributed by atoms with Gasteiger partial charge in [0.25, 0.3) is 5.91 Å². The highest BCUT2D eigenvalue weighted by atomic mass is 35.5. The van der Waals surface area contributed by atoms with E-state index in [-0.39, 0.29) is 5.91 Å². The van der Waals surface area contributed by atoms with E-state index in [0.717, 1.165) is 34.5 Å². The van der Waals surface area contributed by atoms with Gasteiger partial charge in [0.15, 0.2) is 0 Å². The van der Waals surface area contributed by atoms with Crippen LogP contribution in [0.3, 0.4) is 0 Å². The van der Waals surface area contributed by atoms with Gasteiger partial charge in [-0.05, 0) is 55.2 Å². The lowest BCUT2D eigenvalue weighted by atomic mass is 10.1. The number of carbonyl (C=O) groups excluding carboxylic acids is 1. The standard InChI is InChI=1S/C22H22ClN3O/c1-15-5-3-6-16(2)21(15)26-20-12-18(13-24-14-20)22(27)25-10-9-17-7-4-8-19(23)11-17/h3-8,11-14,26H,9-10H2,1-2H3,(H,25,27). The fourth-order valence-electron chi connectivity index (χ4n) is 2.90. The number of rotatable bonds is 6. The molecular formula is C22H22ClN3O. The van der Waals surface area contributed by atoms with E-state index in [1.165, 1.54) is 0 Å². The minimum absolute atomic E-state index is 0.144. The Morgan fingerprint density at radius 3 is 2.52 bits per heavy atom. The van der Waals surface area contributed by atoms with Crippen molar-refractivity contribution in [3.8, 4) is 0 Å². The molecular weight excluding hydrogens is 358 g/mol. The maximum atomic E-state index is 12.4. The number of aryl methyl sites for hydroxylation is 2. The van der Waals surface area contributed by atoms with Crippen LogP contribution in [-0.4, -0.2) is 17.4 Å². The Morgan fingerprint density at radius 1 is 1.04 bits per heavy atom. The Bertz CT molecular complexity index is 936. The van der Waals surface area contributed by atoms with Crippen LogP contribution in [0.2, 0.25) is 5.02 Å². The van der Waals surface area contributed by atoms with Gasteiger partial charge in [0, 0.05) is 23.5 Å². The summed E-state index contributed by atoms with van der Waals surface area (Å²) >= 11 is 5.99. The molecule has 0 saturated heterocycles. The van der Waals surface area contributed by atoms with E-state index in [1.807, 2.05) is 36.4 Å². The van der Waals surface area contributed by atoms with E-state index < -0.39 is 0 Å². The minimum Gasteiger partial charge on any atom is -0.354 e. The molecule has 0 radical (unpaired) electrons. The van der Waals surface area contributed by atoms with Gasteiger partial charge in [0.05, 0.1) is 17.4 Å². The van der Waals surface area contributed by atoms with Crippen LogP contribution in [0.5, 0.6) is 0 Å². The second-order valence-electron chi connectivity index (χ2n) is 6.49. The third kappa shape index (κ3) is 5.08. The SMILES string of the molecule is Cc1cccc(C)c1Nc1cncc(C(=O)NCCc2cccc(Cl)c2)c1. The summed E-state index contributed by atoms with van der Waals surface area (Å²) in [6.45, 7) is 4.64. The van der Waals surface area contributed by atoms with Crippen LogP contribution < -0.4 is 10.6 Å². The van der Waals surface area contributed by atoms with Gasteiger partial charge in [0.2, 0.25) is 0 Å². The van der Waals surface area contributed by atoms with Crippen molar-refractivity contribution in [2.45, 2.75) is 20.3 Å². The zero-order valence-corrected chi connectivity index (χ0v) is 16.2. The summed E-state index contributed by atoms with van der Waals surface area (Å²) in [5.41, 5.74) is 5.73. The average Bonchev–Trinajstić information content (AvgIpc) is 2.65. The van der Waals surface area contributed by atoms with Crippen molar-refractivity contribution in [1.82, 2.24) is 10.3 Å². The number of aromatic nitrogens is 1. The summed E-state index contributed by atoms with van der Waals surface area (Å²) in [5.74, 6) is -0.144. The first-order chi connectivity index (χ1) is 13.0. The molecule has 5 heteroatoms. The van der Waals surface area contributed by atoms with E-state index in [2.05, 4.69) is 41.6 Å². The number of para-hydroxylation sites is 1. The summed E-state index contributed by atoms with van der Waals surface area (Å²) in [6, 6.07) is 15.6. The first-order valence-corrected chi connectivity index (χ1v) is 9.21. The van der Waals surface area contributed by atoms with Gasteiger partial charge < -0.3 is 10.6 Å². The van der Waals surface area contributed by atoms with Gasteiger partial charge in [0.1, 0.15) is 0 Å². The molecule has 1 aromatic heterocycles. The number of carbonyl (C=O) groups is 1. The fourth-order valence-corrected chi connectivity index (χ4v) is 3.12. The second kappa shape index (κ2) is 8.69. The van der Waals surface area contributed by atoms with Crippen molar-refractivity contribution in [3.05, 3.63) is 88.2 Å². The highest BCUT2D eigenvalue weighted by Gasteiger charge is 2.08. The molecule has 0 bridgehead atoms. The monoisotopic (exact) mass is 379 g/mol. The molecule has 4 nitrogen and oxygen atoms in total. The van der Waals surface area contributed by atoms with Crippen LogP contribution >= 0.6 is 11.6 Å². The Kier molecular flexibility index (Phi) is 6.09. The van der Waals surface area contributed by atoms with Crippen molar-refractivity contribution in [1.29, 1.82) is 0 Å². The highest BCUT2D eigenvalue weighted by molar-refractivity contribution is 6.30. The maximum absolute atomic E-state index is 12.4. The summed E-state index contributed by atoms with van der Waals surface area (Å²) < 4.78 is 0. The average molecular weight is 380 g/mol. The number of halogens is 1. The van der Waals surface area contributed by atoms with E-state index in [0.29, 0.717) is 17.1 Å². The first kappa shape index (κ1) is 18.9. The Morgan fingerprint density at radius 2 is 1.78 bits per heavy atom. The third-order valence-corrected chi connectivity index (χ3v) is 4.57. The molecule has 2 aromatic carbocycles. The summed E-state index contributed by atoms with van der Waals surface area (Å²) in [7, 11) is 0. The van der Waals surface area contributed by atoms with Gasteiger partial charge in [-0.15, -0.1) is 0 Å². The van der Waals surface area contributed by atoms with E-state index in [9.17, 15) is 4.79 Å². The van der Waals surface area contributed by atoms with E-state index in [4.69, 9.17) is 11.6 Å². The summed E-state index contributed by atoms with van der Waals surface area (Å²) in [5, 5.41) is 7.00. The van der Waals surface area contributed by atoms with Crippen molar-refractivity contribution in [2.24, 2.45) is 0 Å². The third-order valence-electron chi connectivity index (χ3n) is 4.34. The molecule has 0 aliphatic carbocycles. The van der Waals surface area contributed by atoms with Crippen LogP contribution in [0.1, 0.15) is 27.0 Å². The molecule has 0 aliphatic rings. The normalized spacial score (nSPS) is 10.5. The van der Waals surface area contributed by atoms with Crippen LogP contribution in [0, 0.1) is 13.8 Å². The number of pyridine rings is 1. The molecule has 1 amide bonds. The molecule has 2 N–H and O–H groups in total. The minimum atomic E-state index is -0.144. The van der Waals surface area contributed by atoms with Crippen molar-refractivity contribution in [3.63, 3.8) is 0 Å². The van der Waals surface area contributed by atoms with Crippen LogP contribution in [-0.2, 0) is 6.42 Å². The molecule has 0 unspecified atom stereocenters. The zero-order chi connectivity index (χ0) is 19.2. The molecule has 3 rings (SSSR count). The van der Waals surface area contributed by atoms with Gasteiger partial charge >= 0.3 is 0 Å². The topological polar surface area (TPSA) is 54.0 Å². The number of nitrogens with zero attached hydrogens (tertiary/aromatic N) is 1. The van der Waals surface area contributed by atoms with Gasteiger partial charge in [-0.25, -0.2) is 0 Å². The number of benzene rings is 2. The Balaban J connectivity index is 1.63. The van der Waals surface area contributed by atoms with Crippen molar-refractivity contribution in [2.75, 3.05) is 11.9 Å². The van der Waals surface area contributed by atoms with Gasteiger partial charge in [-0.2, -0.15) is 0 Å². The summed E-state index contributed by atoms with van der Waals surface area (Å²) in [4.78, 5) is 16.6. The summed E-state index contributed by atoms with van der Waals surface area (Å²) in [6.07, 6.45) is 4.01. The zero-order valence-electron chi connectivity index (χ0n) is 15.4. The Hall–Kier alpha value is -2.85. The predicted octanol–water partition coefficient (Wildman–Crippen LogP) is 5.07. The number of anilines is 2. The van der Waals surface area contributed by atoms with Gasteiger partial charge in [-0.3, -0.25) is 9.78 Å². The lowest BCUT2D eigenvalue weighted by Crippen LogP contribution is -2.25. The molecule has 0 aliphatic heterocycles. The van der Waals surface area contributed by atoms with Crippen LogP contribution in [0.15, 0.2) is 60.9 Å². The van der Waals surface area contributed by atoms with Gasteiger partial charge in [-0.1, -0.05) is 41.9 Å². The molecule has 3 aromatic rings. The van der Waals surface area contributed by atoms with Crippen molar-refractivity contribution < 1.29 is 4.79 Å².